The van der Waals surface area contributed by atoms with Crippen molar-refractivity contribution in [3.8, 4) is 0 Å². The van der Waals surface area contributed by atoms with Crippen LogP contribution in [0.5, 0.6) is 0 Å². The quantitative estimate of drug-likeness (QED) is 0.720. The lowest BCUT2D eigenvalue weighted by atomic mass is 10.1. The second-order valence-electron chi connectivity index (χ2n) is 4.86. The van der Waals surface area contributed by atoms with E-state index < -0.39 is 0 Å². The van der Waals surface area contributed by atoms with Crippen LogP contribution < -0.4 is 11.1 Å². The molecule has 0 amide bonds. The number of hydrogen-bond donors (Lipinski definition) is 2. The van der Waals surface area contributed by atoms with Crippen LogP contribution in [0.25, 0.3) is 11.0 Å². The topological polar surface area (TPSA) is 68.2 Å². The van der Waals surface area contributed by atoms with Crippen LogP contribution in [0.3, 0.4) is 0 Å². The molecule has 0 unspecified atom stereocenters. The van der Waals surface area contributed by atoms with Gasteiger partial charge in [0.2, 0.25) is 5.95 Å². The summed E-state index contributed by atoms with van der Waals surface area (Å²) in [5, 5.41) is 2.97. The molecule has 0 radical (unpaired) electrons. The van der Waals surface area contributed by atoms with Crippen LogP contribution in [0.1, 0.15) is 11.7 Å². The third-order valence-corrected chi connectivity index (χ3v) is 3.51. The smallest absolute Gasteiger partial charge is 0.212 e. The Morgan fingerprint density at radius 3 is 2.67 bits per heavy atom. The molecule has 0 saturated heterocycles. The van der Waals surface area contributed by atoms with E-state index in [-0.39, 0.29) is 12.0 Å². The van der Waals surface area contributed by atoms with Crippen molar-refractivity contribution in [2.75, 3.05) is 5.32 Å². The van der Waals surface area contributed by atoms with E-state index in [1.807, 2.05) is 28.8 Å². The molecule has 21 heavy (non-hydrogen) atoms. The SMILES string of the molecule is NC1=N[C@@H](c2ccc(F)cc2)n2c(nc3ccccc32)N1. The number of nitrogens with zero attached hydrogens (tertiary/aromatic N) is 3. The number of anilines is 1. The zero-order valence-corrected chi connectivity index (χ0v) is 11.0. The summed E-state index contributed by atoms with van der Waals surface area (Å²) in [6.07, 6.45) is -0.353. The van der Waals surface area contributed by atoms with E-state index in [9.17, 15) is 4.39 Å². The van der Waals surface area contributed by atoms with Crippen molar-refractivity contribution in [3.05, 3.63) is 59.9 Å². The second kappa shape index (κ2) is 4.31. The Labute approximate surface area is 119 Å². The van der Waals surface area contributed by atoms with Gasteiger partial charge in [0.1, 0.15) is 5.82 Å². The highest BCUT2D eigenvalue weighted by Crippen LogP contribution is 2.32. The van der Waals surface area contributed by atoms with Gasteiger partial charge >= 0.3 is 0 Å². The zero-order valence-electron chi connectivity index (χ0n) is 11.0. The van der Waals surface area contributed by atoms with Crippen LogP contribution in [0.4, 0.5) is 10.3 Å². The first-order valence-corrected chi connectivity index (χ1v) is 6.55. The van der Waals surface area contributed by atoms with Crippen molar-refractivity contribution in [2.45, 2.75) is 6.17 Å². The van der Waals surface area contributed by atoms with Gasteiger partial charge in [0.15, 0.2) is 12.1 Å². The maximum absolute atomic E-state index is 13.1. The van der Waals surface area contributed by atoms with Crippen LogP contribution in [-0.2, 0) is 0 Å². The number of nitrogens with one attached hydrogen (secondary N) is 1. The molecule has 4 rings (SSSR count). The van der Waals surface area contributed by atoms with E-state index in [4.69, 9.17) is 5.73 Å². The summed E-state index contributed by atoms with van der Waals surface area (Å²) in [5.74, 6) is 0.658. The summed E-state index contributed by atoms with van der Waals surface area (Å²) in [5.41, 5.74) is 8.50. The van der Waals surface area contributed by atoms with Gasteiger partial charge < -0.3 is 5.73 Å². The van der Waals surface area contributed by atoms with Crippen molar-refractivity contribution in [3.63, 3.8) is 0 Å². The standard InChI is InChI=1S/C15H12FN5/c16-10-7-5-9(6-8-10)13-19-14(17)20-15-18-11-3-1-2-4-12(11)21(13)15/h1-8,13H,(H3,17,18,19,20)/t13-/m1/s1. The molecule has 0 aliphatic carbocycles. The Kier molecular flexibility index (Phi) is 2.44. The highest BCUT2D eigenvalue weighted by molar-refractivity contribution is 5.94. The first-order valence-electron chi connectivity index (χ1n) is 6.55. The van der Waals surface area contributed by atoms with Crippen molar-refractivity contribution in [2.24, 2.45) is 10.7 Å². The van der Waals surface area contributed by atoms with Gasteiger partial charge in [-0.1, -0.05) is 24.3 Å². The van der Waals surface area contributed by atoms with E-state index >= 15 is 0 Å². The normalized spacial score (nSPS) is 17.2. The Morgan fingerprint density at radius 1 is 1.10 bits per heavy atom. The Bertz CT molecular complexity index is 850. The number of aliphatic imine (C=N–C) groups is 1. The van der Waals surface area contributed by atoms with Crippen LogP contribution >= 0.6 is 0 Å². The molecule has 3 aromatic rings. The number of rotatable bonds is 1. The average Bonchev–Trinajstić information content (AvgIpc) is 2.85. The second-order valence-corrected chi connectivity index (χ2v) is 4.86. The number of guanidine groups is 1. The minimum Gasteiger partial charge on any atom is -0.370 e. The highest BCUT2D eigenvalue weighted by Gasteiger charge is 2.24. The first kappa shape index (κ1) is 11.9. The van der Waals surface area contributed by atoms with Gasteiger partial charge in [-0.05, 0) is 29.8 Å². The molecule has 1 aliphatic heterocycles. The van der Waals surface area contributed by atoms with Crippen molar-refractivity contribution in [1.82, 2.24) is 9.55 Å². The van der Waals surface area contributed by atoms with Gasteiger partial charge in [-0.15, -0.1) is 0 Å². The van der Waals surface area contributed by atoms with Crippen molar-refractivity contribution < 1.29 is 4.39 Å². The third kappa shape index (κ3) is 1.84. The first-order chi connectivity index (χ1) is 10.2. The van der Waals surface area contributed by atoms with Crippen LogP contribution in [0.2, 0.25) is 0 Å². The molecule has 6 heteroatoms. The van der Waals surface area contributed by atoms with Crippen LogP contribution in [0.15, 0.2) is 53.5 Å². The molecule has 0 fully saturated rings. The van der Waals surface area contributed by atoms with Gasteiger partial charge in [0.25, 0.3) is 0 Å². The molecule has 1 atom stereocenters. The van der Waals surface area contributed by atoms with Gasteiger partial charge in [-0.25, -0.2) is 14.4 Å². The molecular formula is C15H12FN5. The Balaban J connectivity index is 1.95. The van der Waals surface area contributed by atoms with Gasteiger partial charge in [-0.2, -0.15) is 0 Å². The fourth-order valence-corrected chi connectivity index (χ4v) is 2.58. The van der Waals surface area contributed by atoms with E-state index in [2.05, 4.69) is 15.3 Å². The van der Waals surface area contributed by atoms with Crippen molar-refractivity contribution in [1.29, 1.82) is 0 Å². The highest BCUT2D eigenvalue weighted by atomic mass is 19.1. The number of hydrogen-bond acceptors (Lipinski definition) is 4. The summed E-state index contributed by atoms with van der Waals surface area (Å²) in [4.78, 5) is 8.94. The molecule has 0 spiro atoms. The molecule has 3 N–H and O–H groups in total. The van der Waals surface area contributed by atoms with E-state index in [0.717, 1.165) is 16.6 Å². The number of para-hydroxylation sites is 2. The van der Waals surface area contributed by atoms with E-state index in [0.29, 0.717) is 11.9 Å². The zero-order chi connectivity index (χ0) is 14.4. The van der Waals surface area contributed by atoms with Crippen LogP contribution in [-0.4, -0.2) is 15.5 Å². The lowest BCUT2D eigenvalue weighted by molar-refractivity contribution is 0.610. The minimum absolute atomic E-state index is 0.277. The minimum atomic E-state index is -0.353. The summed E-state index contributed by atoms with van der Waals surface area (Å²) >= 11 is 0. The largest absolute Gasteiger partial charge is 0.370 e. The molecule has 2 heterocycles. The Morgan fingerprint density at radius 2 is 1.86 bits per heavy atom. The van der Waals surface area contributed by atoms with Gasteiger partial charge in [0, 0.05) is 0 Å². The summed E-state index contributed by atoms with van der Waals surface area (Å²) in [6, 6.07) is 14.0. The maximum atomic E-state index is 13.1. The average molecular weight is 281 g/mol. The summed E-state index contributed by atoms with van der Waals surface area (Å²) in [7, 11) is 0. The van der Waals surface area contributed by atoms with Crippen molar-refractivity contribution >= 4 is 22.9 Å². The number of fused-ring (bicyclic) bond motifs is 3. The molecule has 0 saturated carbocycles. The summed E-state index contributed by atoms with van der Waals surface area (Å²) < 4.78 is 15.1. The number of aromatic nitrogens is 2. The molecule has 104 valence electrons. The lowest BCUT2D eigenvalue weighted by Gasteiger charge is -2.23. The number of benzene rings is 2. The third-order valence-electron chi connectivity index (χ3n) is 3.51. The number of halogens is 1. The Hall–Kier alpha value is -2.89. The molecular weight excluding hydrogens is 269 g/mol. The maximum Gasteiger partial charge on any atom is 0.212 e. The van der Waals surface area contributed by atoms with E-state index in [1.165, 1.54) is 12.1 Å². The molecule has 1 aliphatic rings. The lowest BCUT2D eigenvalue weighted by Crippen LogP contribution is -2.31. The fraction of sp³-hybridized carbons (Fsp3) is 0.0667. The fourth-order valence-electron chi connectivity index (χ4n) is 2.58. The predicted molar refractivity (Wildman–Crippen MR) is 79.5 cm³/mol. The number of imidazole rings is 1. The summed E-state index contributed by atoms with van der Waals surface area (Å²) in [6.45, 7) is 0. The van der Waals surface area contributed by atoms with Gasteiger partial charge in [-0.3, -0.25) is 9.88 Å². The van der Waals surface area contributed by atoms with E-state index in [1.54, 1.807) is 12.1 Å². The monoisotopic (exact) mass is 281 g/mol. The molecule has 0 bridgehead atoms. The predicted octanol–water partition coefficient (Wildman–Crippen LogP) is 2.46. The molecule has 1 aromatic heterocycles. The molecule has 2 aromatic carbocycles. The number of nitrogens with two attached hydrogens (primary N) is 1. The molecule has 5 nitrogen and oxygen atoms in total. The van der Waals surface area contributed by atoms with Crippen LogP contribution in [0, 0.1) is 5.82 Å². The van der Waals surface area contributed by atoms with Gasteiger partial charge in [0.05, 0.1) is 11.0 Å².